The van der Waals surface area contributed by atoms with Gasteiger partial charge in [-0.1, -0.05) is 6.08 Å². The van der Waals surface area contributed by atoms with Gasteiger partial charge >= 0.3 is 0 Å². The van der Waals surface area contributed by atoms with Crippen molar-refractivity contribution in [2.75, 3.05) is 31.1 Å². The second kappa shape index (κ2) is 7.50. The topological polar surface area (TPSA) is 100 Å². The van der Waals surface area contributed by atoms with E-state index in [9.17, 15) is 13.5 Å². The van der Waals surface area contributed by atoms with Gasteiger partial charge in [0.1, 0.15) is 4.90 Å². The van der Waals surface area contributed by atoms with Crippen LogP contribution in [0, 0.1) is 0 Å². The summed E-state index contributed by atoms with van der Waals surface area (Å²) in [6.07, 6.45) is 9.55. The first-order valence-electron chi connectivity index (χ1n) is 10.0. The van der Waals surface area contributed by atoms with E-state index >= 15 is 0 Å². The molecule has 0 aliphatic carbocycles. The fourth-order valence-electron chi connectivity index (χ4n) is 4.14. The van der Waals surface area contributed by atoms with Gasteiger partial charge in [0.25, 0.3) is 10.0 Å². The first kappa shape index (κ1) is 19.2. The number of aliphatic hydroxyl groups excluding tert-OH is 1. The molecule has 0 saturated carbocycles. The summed E-state index contributed by atoms with van der Waals surface area (Å²) in [5.41, 5.74) is 3.88. The van der Waals surface area contributed by atoms with E-state index in [0.29, 0.717) is 36.2 Å². The lowest BCUT2D eigenvalue weighted by Gasteiger charge is -2.18. The molecule has 0 spiro atoms. The summed E-state index contributed by atoms with van der Waals surface area (Å²) in [5.74, 6) is 0. The zero-order valence-electron chi connectivity index (χ0n) is 16.4. The number of anilines is 1. The van der Waals surface area contributed by atoms with Crippen LogP contribution in [0.3, 0.4) is 0 Å². The average molecular weight is 426 g/mol. The Labute approximate surface area is 174 Å². The summed E-state index contributed by atoms with van der Waals surface area (Å²) >= 11 is 0. The molecule has 1 saturated heterocycles. The number of pyridine rings is 2. The van der Waals surface area contributed by atoms with Crippen LogP contribution >= 0.6 is 0 Å². The van der Waals surface area contributed by atoms with Crippen molar-refractivity contribution in [2.24, 2.45) is 0 Å². The molecule has 1 fully saturated rings. The highest BCUT2D eigenvalue weighted by Crippen LogP contribution is 2.31. The van der Waals surface area contributed by atoms with E-state index < -0.39 is 16.1 Å². The predicted octanol–water partition coefficient (Wildman–Crippen LogP) is 1.62. The van der Waals surface area contributed by atoms with Gasteiger partial charge in [-0.2, -0.15) is 0 Å². The van der Waals surface area contributed by atoms with Crippen LogP contribution in [-0.4, -0.2) is 59.7 Å². The van der Waals surface area contributed by atoms with Gasteiger partial charge in [0.15, 0.2) is 0 Å². The van der Waals surface area contributed by atoms with Crippen LogP contribution < -0.4 is 10.2 Å². The van der Waals surface area contributed by atoms with E-state index in [1.807, 2.05) is 4.90 Å². The number of aliphatic hydroxyl groups is 1. The Bertz CT molecular complexity index is 1230. The molecule has 2 aliphatic heterocycles. The Kier molecular flexibility index (Phi) is 4.80. The number of nitrogens with zero attached hydrogens (tertiary/aromatic N) is 4. The number of β-amino-alcohol motifs (C(OH)–C–C–N with tert-alkyl or cyclic N) is 1. The summed E-state index contributed by atoms with van der Waals surface area (Å²) in [5, 5.41) is 13.1. The Morgan fingerprint density at radius 3 is 2.93 bits per heavy atom. The van der Waals surface area contributed by atoms with E-state index in [0.717, 1.165) is 30.6 Å². The monoisotopic (exact) mass is 425 g/mol. The lowest BCUT2D eigenvalue weighted by molar-refractivity contribution is 0.198. The molecule has 2 N–H and O–H groups in total. The second-order valence-electron chi connectivity index (χ2n) is 7.67. The van der Waals surface area contributed by atoms with Crippen molar-refractivity contribution in [3.05, 3.63) is 54.6 Å². The Balaban J connectivity index is 1.61. The van der Waals surface area contributed by atoms with Gasteiger partial charge in [-0.25, -0.2) is 12.4 Å². The number of nitrogens with one attached hydrogen (secondary N) is 1. The summed E-state index contributed by atoms with van der Waals surface area (Å²) in [4.78, 5) is 10.7. The van der Waals surface area contributed by atoms with Crippen molar-refractivity contribution in [1.29, 1.82) is 0 Å². The summed E-state index contributed by atoms with van der Waals surface area (Å²) in [6.45, 7) is 2.77. The average Bonchev–Trinajstić information content (AvgIpc) is 3.39. The Morgan fingerprint density at radius 2 is 2.17 bits per heavy atom. The molecule has 5 rings (SSSR count). The minimum absolute atomic E-state index is 0.119. The van der Waals surface area contributed by atoms with Crippen molar-refractivity contribution in [3.8, 4) is 0 Å². The third-order valence-electron chi connectivity index (χ3n) is 5.72. The molecule has 0 aromatic carbocycles. The normalized spacial score (nSPS) is 20.0. The maximum Gasteiger partial charge on any atom is 0.269 e. The standard InChI is InChI=1S/C21H23N5O3S/c27-17-5-9-25(13-17)16-10-18(12-23-11-16)30(28,29)26-14-19(15-3-7-22-8-4-15)21-20(26)2-1-6-24-21/h1-3,6,10-12,14,17,22,27H,4-5,7-9,13H2. The molecule has 0 radical (unpaired) electrons. The van der Waals surface area contributed by atoms with E-state index in [4.69, 9.17) is 0 Å². The predicted molar refractivity (Wildman–Crippen MR) is 115 cm³/mol. The van der Waals surface area contributed by atoms with Crippen molar-refractivity contribution in [3.63, 3.8) is 0 Å². The van der Waals surface area contributed by atoms with Gasteiger partial charge in [0.05, 0.1) is 29.0 Å². The molecule has 9 heteroatoms. The Morgan fingerprint density at radius 1 is 1.27 bits per heavy atom. The maximum atomic E-state index is 13.6. The van der Waals surface area contributed by atoms with Crippen LogP contribution in [-0.2, 0) is 10.0 Å². The number of fused-ring (bicyclic) bond motifs is 1. The highest BCUT2D eigenvalue weighted by molar-refractivity contribution is 7.90. The highest BCUT2D eigenvalue weighted by atomic mass is 32.2. The molecule has 0 amide bonds. The fraction of sp³-hybridized carbons (Fsp3) is 0.333. The molecule has 3 aromatic heterocycles. The van der Waals surface area contributed by atoms with Gasteiger partial charge in [0.2, 0.25) is 0 Å². The third-order valence-corrected chi connectivity index (χ3v) is 7.36. The number of rotatable bonds is 4. The molecular formula is C21H23N5O3S. The molecule has 8 nitrogen and oxygen atoms in total. The van der Waals surface area contributed by atoms with Crippen molar-refractivity contribution >= 4 is 32.3 Å². The second-order valence-corrected chi connectivity index (χ2v) is 9.48. The van der Waals surface area contributed by atoms with Crippen molar-refractivity contribution in [1.82, 2.24) is 19.3 Å². The van der Waals surface area contributed by atoms with Gasteiger partial charge < -0.3 is 15.3 Å². The first-order valence-corrected chi connectivity index (χ1v) is 11.5. The lowest BCUT2D eigenvalue weighted by atomic mass is 10.0. The molecule has 0 bridgehead atoms. The van der Waals surface area contributed by atoms with Crippen LogP contribution in [0.15, 0.2) is 54.0 Å². The van der Waals surface area contributed by atoms with Crippen LogP contribution in [0.5, 0.6) is 0 Å². The van der Waals surface area contributed by atoms with Gasteiger partial charge in [-0.15, -0.1) is 0 Å². The van der Waals surface area contributed by atoms with Crippen LogP contribution in [0.25, 0.3) is 16.6 Å². The minimum atomic E-state index is -3.87. The van der Waals surface area contributed by atoms with Crippen LogP contribution in [0.2, 0.25) is 0 Å². The highest BCUT2D eigenvalue weighted by Gasteiger charge is 2.26. The van der Waals surface area contributed by atoms with Gasteiger partial charge in [-0.05, 0) is 43.2 Å². The molecule has 30 heavy (non-hydrogen) atoms. The molecule has 156 valence electrons. The molecule has 5 heterocycles. The largest absolute Gasteiger partial charge is 0.391 e. The van der Waals surface area contributed by atoms with E-state index in [-0.39, 0.29) is 4.90 Å². The van der Waals surface area contributed by atoms with E-state index in [2.05, 4.69) is 21.4 Å². The lowest BCUT2D eigenvalue weighted by Crippen LogP contribution is -2.22. The van der Waals surface area contributed by atoms with Crippen molar-refractivity contribution in [2.45, 2.75) is 23.8 Å². The minimum Gasteiger partial charge on any atom is -0.391 e. The molecule has 2 aliphatic rings. The molecular weight excluding hydrogens is 402 g/mol. The zero-order chi connectivity index (χ0) is 20.7. The maximum absolute atomic E-state index is 13.6. The van der Waals surface area contributed by atoms with E-state index in [1.165, 1.54) is 10.2 Å². The van der Waals surface area contributed by atoms with Crippen LogP contribution in [0.1, 0.15) is 18.4 Å². The SMILES string of the molecule is O=S(=O)(c1cncc(N2CCC(O)C2)c1)n1cc(C2=CCNCC2)c2ncccc21. The molecule has 1 unspecified atom stereocenters. The first-order chi connectivity index (χ1) is 14.5. The third kappa shape index (κ3) is 3.28. The summed E-state index contributed by atoms with van der Waals surface area (Å²) in [6, 6.07) is 5.15. The van der Waals surface area contributed by atoms with Gasteiger partial charge in [-0.3, -0.25) is 9.97 Å². The molecule has 3 aromatic rings. The number of aromatic nitrogens is 3. The van der Waals surface area contributed by atoms with Crippen LogP contribution in [0.4, 0.5) is 5.69 Å². The van der Waals surface area contributed by atoms with Crippen molar-refractivity contribution < 1.29 is 13.5 Å². The molecule has 1 atom stereocenters. The fourth-order valence-corrected chi connectivity index (χ4v) is 5.48. The quantitative estimate of drug-likeness (QED) is 0.655. The summed E-state index contributed by atoms with van der Waals surface area (Å²) in [7, 11) is -3.87. The number of hydrogen-bond donors (Lipinski definition) is 2. The smallest absolute Gasteiger partial charge is 0.269 e. The zero-order valence-corrected chi connectivity index (χ0v) is 17.2. The van der Waals surface area contributed by atoms with Gasteiger partial charge in [0, 0.05) is 43.8 Å². The number of hydrogen-bond acceptors (Lipinski definition) is 7. The van der Waals surface area contributed by atoms with E-state index in [1.54, 1.807) is 36.8 Å². The summed E-state index contributed by atoms with van der Waals surface area (Å²) < 4.78 is 28.5. The Hall–Kier alpha value is -2.75.